The lowest BCUT2D eigenvalue weighted by Gasteiger charge is -2.22. The smallest absolute Gasteiger partial charge is 0.0792 e. The molecule has 1 aliphatic rings. The molecular weight excluding hydrogens is 148 g/mol. The standard InChI is InChI=1S/C8H13ClO/c1-10-8-5-3-2-4-7(8)6-9/h6,8H,2-5H2,1H3. The van der Waals surface area contributed by atoms with E-state index < -0.39 is 0 Å². The molecule has 1 fully saturated rings. The van der Waals surface area contributed by atoms with Crippen molar-refractivity contribution >= 4 is 11.6 Å². The summed E-state index contributed by atoms with van der Waals surface area (Å²) in [6, 6.07) is 0. The van der Waals surface area contributed by atoms with Crippen molar-refractivity contribution in [1.82, 2.24) is 0 Å². The van der Waals surface area contributed by atoms with Gasteiger partial charge in [-0.3, -0.25) is 0 Å². The van der Waals surface area contributed by atoms with Crippen molar-refractivity contribution < 1.29 is 4.74 Å². The molecule has 0 N–H and O–H groups in total. The second-order valence-electron chi connectivity index (χ2n) is 2.65. The lowest BCUT2D eigenvalue weighted by Crippen LogP contribution is -2.17. The van der Waals surface area contributed by atoms with Gasteiger partial charge in [0.2, 0.25) is 0 Å². The van der Waals surface area contributed by atoms with Crippen molar-refractivity contribution in [3.8, 4) is 0 Å². The highest BCUT2D eigenvalue weighted by Crippen LogP contribution is 2.25. The Bertz CT molecular complexity index is 131. The maximum Gasteiger partial charge on any atom is 0.0792 e. The maximum atomic E-state index is 5.61. The zero-order chi connectivity index (χ0) is 7.40. The summed E-state index contributed by atoms with van der Waals surface area (Å²) in [5, 5.41) is 0. The number of halogens is 1. The van der Waals surface area contributed by atoms with Gasteiger partial charge in [-0.05, 0) is 24.8 Å². The van der Waals surface area contributed by atoms with Gasteiger partial charge in [-0.2, -0.15) is 0 Å². The molecule has 0 saturated heterocycles. The van der Waals surface area contributed by atoms with E-state index in [1.165, 1.54) is 18.4 Å². The first kappa shape index (κ1) is 8.09. The Morgan fingerprint density at radius 1 is 1.60 bits per heavy atom. The van der Waals surface area contributed by atoms with E-state index in [0.29, 0.717) is 6.10 Å². The van der Waals surface area contributed by atoms with Crippen LogP contribution in [0.1, 0.15) is 25.7 Å². The van der Waals surface area contributed by atoms with Crippen LogP contribution in [-0.4, -0.2) is 13.2 Å². The van der Waals surface area contributed by atoms with Gasteiger partial charge < -0.3 is 4.74 Å². The predicted octanol–water partition coefficient (Wildman–Crippen LogP) is 2.70. The normalized spacial score (nSPS) is 31.0. The molecule has 0 amide bonds. The molecule has 58 valence electrons. The van der Waals surface area contributed by atoms with E-state index in [1.807, 2.05) is 0 Å². The average molecular weight is 161 g/mol. The van der Waals surface area contributed by atoms with Crippen molar-refractivity contribution in [2.75, 3.05) is 7.11 Å². The Morgan fingerprint density at radius 3 is 2.90 bits per heavy atom. The first-order valence-electron chi connectivity index (χ1n) is 3.70. The van der Waals surface area contributed by atoms with E-state index in [4.69, 9.17) is 16.3 Å². The topological polar surface area (TPSA) is 9.23 Å². The van der Waals surface area contributed by atoms with Crippen molar-refractivity contribution in [3.05, 3.63) is 11.1 Å². The van der Waals surface area contributed by atoms with Crippen LogP contribution in [0.5, 0.6) is 0 Å². The van der Waals surface area contributed by atoms with E-state index in [9.17, 15) is 0 Å². The largest absolute Gasteiger partial charge is 0.377 e. The lowest BCUT2D eigenvalue weighted by molar-refractivity contribution is 0.109. The molecule has 0 heterocycles. The minimum absolute atomic E-state index is 0.297. The SMILES string of the molecule is COC1CCCCC1=CCl. The molecule has 10 heavy (non-hydrogen) atoms. The minimum atomic E-state index is 0.297. The molecule has 1 unspecified atom stereocenters. The fourth-order valence-corrected chi connectivity index (χ4v) is 1.65. The second kappa shape index (κ2) is 3.99. The van der Waals surface area contributed by atoms with Gasteiger partial charge in [-0.25, -0.2) is 0 Å². The van der Waals surface area contributed by atoms with E-state index >= 15 is 0 Å². The molecule has 2 heteroatoms. The fraction of sp³-hybridized carbons (Fsp3) is 0.750. The third-order valence-electron chi connectivity index (χ3n) is 2.02. The Kier molecular flexibility index (Phi) is 3.23. The third-order valence-corrected chi connectivity index (χ3v) is 2.30. The highest BCUT2D eigenvalue weighted by molar-refractivity contribution is 6.25. The van der Waals surface area contributed by atoms with Gasteiger partial charge in [-0.15, -0.1) is 0 Å². The Hall–Kier alpha value is -0.0100. The van der Waals surface area contributed by atoms with E-state index in [1.54, 1.807) is 12.6 Å². The molecule has 0 aromatic rings. The summed E-state index contributed by atoms with van der Waals surface area (Å²) in [6.45, 7) is 0. The van der Waals surface area contributed by atoms with Crippen LogP contribution < -0.4 is 0 Å². The molecule has 1 rings (SSSR count). The van der Waals surface area contributed by atoms with Gasteiger partial charge in [0.05, 0.1) is 6.10 Å². The van der Waals surface area contributed by atoms with Gasteiger partial charge in [0.15, 0.2) is 0 Å². The molecule has 0 spiro atoms. The Morgan fingerprint density at radius 2 is 2.40 bits per heavy atom. The van der Waals surface area contributed by atoms with Crippen LogP contribution >= 0.6 is 11.6 Å². The monoisotopic (exact) mass is 160 g/mol. The number of rotatable bonds is 1. The molecule has 0 radical (unpaired) electrons. The fourth-order valence-electron chi connectivity index (χ4n) is 1.40. The van der Waals surface area contributed by atoms with Gasteiger partial charge >= 0.3 is 0 Å². The van der Waals surface area contributed by atoms with Crippen LogP contribution in [0, 0.1) is 0 Å². The van der Waals surface area contributed by atoms with Gasteiger partial charge in [-0.1, -0.05) is 18.0 Å². The summed E-state index contributed by atoms with van der Waals surface area (Å²) < 4.78 is 5.24. The highest BCUT2D eigenvalue weighted by Gasteiger charge is 2.16. The molecule has 1 atom stereocenters. The zero-order valence-electron chi connectivity index (χ0n) is 6.27. The van der Waals surface area contributed by atoms with E-state index in [2.05, 4.69) is 0 Å². The van der Waals surface area contributed by atoms with Crippen LogP contribution in [0.25, 0.3) is 0 Å². The molecule has 0 aromatic heterocycles. The van der Waals surface area contributed by atoms with Crippen LogP contribution in [0.2, 0.25) is 0 Å². The second-order valence-corrected chi connectivity index (χ2v) is 2.87. The maximum absolute atomic E-state index is 5.61. The minimum Gasteiger partial charge on any atom is -0.377 e. The summed E-state index contributed by atoms with van der Waals surface area (Å²) in [6.07, 6.45) is 5.08. The molecule has 0 aliphatic heterocycles. The first-order chi connectivity index (χ1) is 4.88. The molecule has 0 bridgehead atoms. The Labute approximate surface area is 67.0 Å². The van der Waals surface area contributed by atoms with Crippen molar-refractivity contribution in [3.63, 3.8) is 0 Å². The van der Waals surface area contributed by atoms with Crippen LogP contribution in [0.3, 0.4) is 0 Å². The van der Waals surface area contributed by atoms with Crippen molar-refractivity contribution in [1.29, 1.82) is 0 Å². The molecule has 1 saturated carbocycles. The zero-order valence-corrected chi connectivity index (χ0v) is 7.03. The summed E-state index contributed by atoms with van der Waals surface area (Å²) in [5.74, 6) is 0. The predicted molar refractivity (Wildman–Crippen MR) is 43.2 cm³/mol. The van der Waals surface area contributed by atoms with E-state index in [-0.39, 0.29) is 0 Å². The average Bonchev–Trinajstić information content (AvgIpc) is 2.04. The molecular formula is C8H13ClO. The van der Waals surface area contributed by atoms with Crippen molar-refractivity contribution in [2.45, 2.75) is 31.8 Å². The van der Waals surface area contributed by atoms with Gasteiger partial charge in [0.25, 0.3) is 0 Å². The van der Waals surface area contributed by atoms with Gasteiger partial charge in [0, 0.05) is 12.6 Å². The van der Waals surface area contributed by atoms with Crippen LogP contribution in [-0.2, 0) is 4.74 Å². The molecule has 1 aliphatic carbocycles. The van der Waals surface area contributed by atoms with Gasteiger partial charge in [0.1, 0.15) is 0 Å². The molecule has 0 aromatic carbocycles. The highest BCUT2D eigenvalue weighted by atomic mass is 35.5. The summed E-state index contributed by atoms with van der Waals surface area (Å²) >= 11 is 5.61. The summed E-state index contributed by atoms with van der Waals surface area (Å²) in [5.41, 5.74) is 2.93. The Balaban J connectivity index is 2.50. The van der Waals surface area contributed by atoms with Crippen molar-refractivity contribution in [2.24, 2.45) is 0 Å². The number of hydrogen-bond donors (Lipinski definition) is 0. The summed E-state index contributed by atoms with van der Waals surface area (Å²) in [4.78, 5) is 0. The van der Waals surface area contributed by atoms with E-state index in [0.717, 1.165) is 12.8 Å². The molecule has 1 nitrogen and oxygen atoms in total. The number of hydrogen-bond acceptors (Lipinski definition) is 1. The number of ether oxygens (including phenoxy) is 1. The number of methoxy groups -OCH3 is 1. The third kappa shape index (κ3) is 1.74. The lowest BCUT2D eigenvalue weighted by atomic mass is 9.93. The first-order valence-corrected chi connectivity index (χ1v) is 4.14. The van der Waals surface area contributed by atoms with Crippen LogP contribution in [0.4, 0.5) is 0 Å². The summed E-state index contributed by atoms with van der Waals surface area (Å²) in [7, 11) is 1.75. The van der Waals surface area contributed by atoms with Crippen LogP contribution in [0.15, 0.2) is 11.1 Å². The quantitative estimate of drug-likeness (QED) is 0.573.